The zero-order valence-corrected chi connectivity index (χ0v) is 12.6. The Bertz CT molecular complexity index is 571. The molecule has 0 bridgehead atoms. The highest BCUT2D eigenvalue weighted by Gasteiger charge is 2.27. The van der Waals surface area contributed by atoms with Gasteiger partial charge in [0, 0.05) is 12.1 Å². The molecular weight excluding hydrogens is 276 g/mol. The molecule has 8 nitrogen and oxygen atoms in total. The minimum absolute atomic E-state index is 0.0184. The van der Waals surface area contributed by atoms with E-state index in [0.717, 1.165) is 0 Å². The quantitative estimate of drug-likeness (QED) is 0.752. The third-order valence-corrected chi connectivity index (χ3v) is 3.50. The molecule has 1 amide bonds. The number of amides is 1. The number of alkyl carbamates (subject to hydrolysis) is 1. The molecule has 1 aromatic rings. The molecule has 0 aliphatic heterocycles. The molecule has 0 radical (unpaired) electrons. The first-order valence-corrected chi connectivity index (χ1v) is 7.15. The lowest BCUT2D eigenvalue weighted by Crippen LogP contribution is -2.42. The highest BCUT2D eigenvalue weighted by molar-refractivity contribution is 5.68. The number of H-pyrrole nitrogens is 2. The number of aromatic nitrogens is 3. The number of rotatable bonds is 2. The smallest absolute Gasteiger partial charge is 0.407 e. The minimum atomic E-state index is -0.521. The fourth-order valence-electron chi connectivity index (χ4n) is 2.60. The summed E-state index contributed by atoms with van der Waals surface area (Å²) < 4.78 is 6.42. The van der Waals surface area contributed by atoms with Crippen molar-refractivity contribution in [3.05, 3.63) is 21.0 Å². The van der Waals surface area contributed by atoms with Crippen LogP contribution in [0.1, 0.15) is 52.5 Å². The van der Waals surface area contributed by atoms with Gasteiger partial charge in [-0.25, -0.2) is 29.1 Å². The van der Waals surface area contributed by atoms with Crippen LogP contribution in [0.25, 0.3) is 0 Å². The Labute approximate surface area is 121 Å². The van der Waals surface area contributed by atoms with E-state index in [0.29, 0.717) is 25.7 Å². The molecule has 3 N–H and O–H groups in total. The molecule has 118 valence electrons. The molecule has 0 atom stereocenters. The van der Waals surface area contributed by atoms with Gasteiger partial charge < -0.3 is 10.1 Å². The molecule has 1 aliphatic rings. The first-order chi connectivity index (χ1) is 9.76. The van der Waals surface area contributed by atoms with Gasteiger partial charge in [0.15, 0.2) is 0 Å². The van der Waals surface area contributed by atoms with E-state index in [4.69, 9.17) is 4.74 Å². The lowest BCUT2D eigenvalue weighted by atomic mass is 9.91. The summed E-state index contributed by atoms with van der Waals surface area (Å²) >= 11 is 0. The van der Waals surface area contributed by atoms with Crippen LogP contribution in [-0.4, -0.2) is 32.5 Å². The third kappa shape index (κ3) is 3.99. The molecule has 1 aromatic heterocycles. The molecule has 1 heterocycles. The summed E-state index contributed by atoms with van der Waals surface area (Å²) in [4.78, 5) is 34.8. The SMILES string of the molecule is CC(C)(C)OC(=O)NC1CCC(n2c(=O)[nH][nH]c2=O)CC1. The van der Waals surface area contributed by atoms with Gasteiger partial charge in [0.05, 0.1) is 0 Å². The normalized spacial score (nSPS) is 22.8. The van der Waals surface area contributed by atoms with Crippen molar-refractivity contribution in [2.45, 2.75) is 64.1 Å². The molecule has 8 heteroatoms. The molecule has 0 aromatic carbocycles. The zero-order valence-electron chi connectivity index (χ0n) is 12.6. The molecule has 21 heavy (non-hydrogen) atoms. The predicted molar refractivity (Wildman–Crippen MR) is 76.3 cm³/mol. The number of aromatic amines is 2. The van der Waals surface area contributed by atoms with E-state index in [1.807, 2.05) is 20.8 Å². The van der Waals surface area contributed by atoms with Gasteiger partial charge in [-0.05, 0) is 46.5 Å². The number of nitrogens with one attached hydrogen (secondary N) is 3. The fraction of sp³-hybridized carbons (Fsp3) is 0.769. The van der Waals surface area contributed by atoms with Crippen molar-refractivity contribution in [3.8, 4) is 0 Å². The topological polar surface area (TPSA) is 109 Å². The van der Waals surface area contributed by atoms with E-state index < -0.39 is 23.1 Å². The molecular formula is C13H22N4O4. The number of nitrogens with zero attached hydrogens (tertiary/aromatic N) is 1. The van der Waals surface area contributed by atoms with Gasteiger partial charge in [-0.15, -0.1) is 0 Å². The Balaban J connectivity index is 1.88. The summed E-state index contributed by atoms with van der Waals surface area (Å²) in [5.41, 5.74) is -1.35. The van der Waals surface area contributed by atoms with Gasteiger partial charge in [0.1, 0.15) is 5.60 Å². The fourth-order valence-corrected chi connectivity index (χ4v) is 2.60. The summed E-state index contributed by atoms with van der Waals surface area (Å²) in [6.07, 6.45) is 2.33. The highest BCUT2D eigenvalue weighted by Crippen LogP contribution is 2.26. The Morgan fingerprint density at radius 1 is 1.14 bits per heavy atom. The lowest BCUT2D eigenvalue weighted by molar-refractivity contribution is 0.0487. The van der Waals surface area contributed by atoms with Crippen LogP contribution < -0.4 is 16.7 Å². The summed E-state index contributed by atoms with van der Waals surface area (Å²) in [6, 6.07) is -0.103. The molecule has 1 saturated carbocycles. The Morgan fingerprint density at radius 3 is 2.14 bits per heavy atom. The lowest BCUT2D eigenvalue weighted by Gasteiger charge is -2.29. The van der Waals surface area contributed by atoms with Gasteiger partial charge in [0.25, 0.3) is 0 Å². The Hall–Kier alpha value is -1.99. The molecule has 1 fully saturated rings. The van der Waals surface area contributed by atoms with Crippen LogP contribution in [0.3, 0.4) is 0 Å². The second kappa shape index (κ2) is 5.79. The van der Waals surface area contributed by atoms with Gasteiger partial charge in [-0.3, -0.25) is 0 Å². The zero-order chi connectivity index (χ0) is 15.6. The summed E-state index contributed by atoms with van der Waals surface area (Å²) in [7, 11) is 0. The van der Waals surface area contributed by atoms with Crippen LogP contribution in [0.4, 0.5) is 4.79 Å². The largest absolute Gasteiger partial charge is 0.444 e. The average Bonchev–Trinajstić information content (AvgIpc) is 2.68. The van der Waals surface area contributed by atoms with Gasteiger partial charge in [-0.2, -0.15) is 0 Å². The monoisotopic (exact) mass is 298 g/mol. The molecule has 2 rings (SSSR count). The highest BCUT2D eigenvalue weighted by atomic mass is 16.6. The summed E-state index contributed by atoms with van der Waals surface area (Å²) in [5, 5.41) is 7.40. The Morgan fingerprint density at radius 2 is 1.67 bits per heavy atom. The van der Waals surface area contributed by atoms with E-state index in [-0.39, 0.29) is 12.1 Å². The molecule has 1 aliphatic carbocycles. The van der Waals surface area contributed by atoms with Crippen molar-refractivity contribution in [2.75, 3.05) is 0 Å². The van der Waals surface area contributed by atoms with Crippen molar-refractivity contribution >= 4 is 6.09 Å². The second-order valence-corrected chi connectivity index (χ2v) is 6.38. The maximum atomic E-state index is 11.7. The van der Waals surface area contributed by atoms with E-state index in [1.165, 1.54) is 4.57 Å². The van der Waals surface area contributed by atoms with E-state index >= 15 is 0 Å². The van der Waals surface area contributed by atoms with E-state index in [1.54, 1.807) is 0 Å². The van der Waals surface area contributed by atoms with Crippen molar-refractivity contribution in [2.24, 2.45) is 0 Å². The number of hydrogen-bond donors (Lipinski definition) is 3. The second-order valence-electron chi connectivity index (χ2n) is 6.38. The van der Waals surface area contributed by atoms with Crippen molar-refractivity contribution in [1.82, 2.24) is 20.1 Å². The van der Waals surface area contributed by atoms with Crippen LogP contribution in [-0.2, 0) is 4.74 Å². The minimum Gasteiger partial charge on any atom is -0.444 e. The van der Waals surface area contributed by atoms with Gasteiger partial charge in [0.2, 0.25) is 0 Å². The standard InChI is InChI=1S/C13H22N4O4/c1-13(2,3)21-12(20)14-8-4-6-9(7-5-8)17-10(18)15-16-11(17)19/h8-9H,4-7H2,1-3H3,(H,14,20)(H,15,18)(H,16,19). The number of hydrogen-bond acceptors (Lipinski definition) is 4. The van der Waals surface area contributed by atoms with Gasteiger partial charge >= 0.3 is 17.5 Å². The maximum Gasteiger partial charge on any atom is 0.407 e. The van der Waals surface area contributed by atoms with E-state index in [9.17, 15) is 14.4 Å². The van der Waals surface area contributed by atoms with Crippen molar-refractivity contribution in [1.29, 1.82) is 0 Å². The number of carbonyl (C=O) groups is 1. The van der Waals surface area contributed by atoms with Crippen LogP contribution >= 0.6 is 0 Å². The Kier molecular flexibility index (Phi) is 4.24. The van der Waals surface area contributed by atoms with Crippen LogP contribution in [0, 0.1) is 0 Å². The van der Waals surface area contributed by atoms with Crippen LogP contribution in [0.5, 0.6) is 0 Å². The van der Waals surface area contributed by atoms with Gasteiger partial charge in [-0.1, -0.05) is 0 Å². The molecule has 0 saturated heterocycles. The van der Waals surface area contributed by atoms with Crippen LogP contribution in [0.15, 0.2) is 9.59 Å². The molecule has 0 unspecified atom stereocenters. The first-order valence-electron chi connectivity index (χ1n) is 7.15. The van der Waals surface area contributed by atoms with E-state index in [2.05, 4.69) is 15.5 Å². The van der Waals surface area contributed by atoms with Crippen molar-refractivity contribution in [3.63, 3.8) is 0 Å². The third-order valence-electron chi connectivity index (χ3n) is 3.50. The van der Waals surface area contributed by atoms with Crippen molar-refractivity contribution < 1.29 is 9.53 Å². The van der Waals surface area contributed by atoms with Crippen LogP contribution in [0.2, 0.25) is 0 Å². The maximum absolute atomic E-state index is 11.7. The number of carbonyl (C=O) groups excluding carboxylic acids is 1. The summed E-state index contributed by atoms with van der Waals surface area (Å²) in [6.45, 7) is 5.44. The average molecular weight is 298 g/mol. The molecule has 0 spiro atoms. The summed E-state index contributed by atoms with van der Waals surface area (Å²) in [5.74, 6) is 0. The predicted octanol–water partition coefficient (Wildman–Crippen LogP) is 0.873. The first kappa shape index (κ1) is 15.4. The number of ether oxygens (including phenoxy) is 1.